The Bertz CT molecular complexity index is 770. The first-order valence-electron chi connectivity index (χ1n) is 8.60. The lowest BCUT2D eigenvalue weighted by Crippen LogP contribution is -2.14. The Morgan fingerprint density at radius 3 is 3.00 bits per heavy atom. The van der Waals surface area contributed by atoms with Crippen LogP contribution in [0, 0.1) is 24.7 Å². The van der Waals surface area contributed by atoms with Crippen LogP contribution in [0.2, 0.25) is 0 Å². The zero-order valence-corrected chi connectivity index (χ0v) is 15.2. The van der Waals surface area contributed by atoms with E-state index >= 15 is 0 Å². The first kappa shape index (κ1) is 17.0. The molecule has 0 aliphatic heterocycles. The number of aliphatic hydroxyl groups is 1. The summed E-state index contributed by atoms with van der Waals surface area (Å²) in [4.78, 5) is 0.997. The number of nitrogens with one attached hydrogen (secondary N) is 1. The van der Waals surface area contributed by atoms with Crippen LogP contribution < -0.4 is 5.32 Å². The van der Waals surface area contributed by atoms with Crippen LogP contribution in [0.5, 0.6) is 0 Å². The third-order valence-electron chi connectivity index (χ3n) is 4.74. The zero-order valence-electron chi connectivity index (χ0n) is 14.4. The minimum absolute atomic E-state index is 0.309. The second-order valence-corrected chi connectivity index (χ2v) is 7.20. The summed E-state index contributed by atoms with van der Waals surface area (Å²) in [6, 6.07) is 6.62. The van der Waals surface area contributed by atoms with Crippen molar-refractivity contribution < 1.29 is 5.11 Å². The van der Waals surface area contributed by atoms with Crippen molar-refractivity contribution in [3.63, 3.8) is 0 Å². The van der Waals surface area contributed by atoms with Crippen molar-refractivity contribution in [3.05, 3.63) is 45.5 Å². The molecule has 0 radical (unpaired) electrons. The lowest BCUT2D eigenvalue weighted by atomic mass is 9.81. The molecule has 3 rings (SSSR count). The molecular formula is C20H24N2OS. The van der Waals surface area contributed by atoms with Crippen molar-refractivity contribution in [2.75, 3.05) is 19.0 Å². The van der Waals surface area contributed by atoms with Crippen molar-refractivity contribution in [1.29, 1.82) is 0 Å². The van der Waals surface area contributed by atoms with Crippen molar-refractivity contribution in [3.8, 4) is 11.8 Å². The van der Waals surface area contributed by atoms with Gasteiger partial charge in [-0.05, 0) is 85.7 Å². The van der Waals surface area contributed by atoms with Crippen molar-refractivity contribution >= 4 is 17.2 Å². The molecule has 1 heterocycles. The largest absolute Gasteiger partial charge is 0.396 e. The van der Waals surface area contributed by atoms with Gasteiger partial charge in [0.1, 0.15) is 4.88 Å². The van der Waals surface area contributed by atoms with E-state index in [1.807, 2.05) is 14.0 Å². The van der Waals surface area contributed by atoms with E-state index in [0.717, 1.165) is 53.4 Å². The molecule has 4 heteroatoms. The summed E-state index contributed by atoms with van der Waals surface area (Å²) in [5.41, 5.74) is 6.02. The molecule has 1 atom stereocenters. The highest BCUT2D eigenvalue weighted by atomic mass is 32.1. The van der Waals surface area contributed by atoms with E-state index in [1.54, 1.807) is 0 Å². The van der Waals surface area contributed by atoms with E-state index in [-0.39, 0.29) is 0 Å². The third-order valence-corrected chi connectivity index (χ3v) is 5.59. The lowest BCUT2D eigenvalue weighted by molar-refractivity contribution is 0.266. The summed E-state index contributed by atoms with van der Waals surface area (Å²) >= 11 is 1.45. The predicted octanol–water partition coefficient (Wildman–Crippen LogP) is 3.77. The van der Waals surface area contributed by atoms with Crippen molar-refractivity contribution in [1.82, 2.24) is 4.37 Å². The maximum Gasteiger partial charge on any atom is 0.121 e. The Hall–Kier alpha value is -1.83. The molecule has 0 fully saturated rings. The third kappa shape index (κ3) is 3.80. The van der Waals surface area contributed by atoms with Gasteiger partial charge in [-0.25, -0.2) is 0 Å². The molecule has 1 unspecified atom stereocenters. The van der Waals surface area contributed by atoms with Gasteiger partial charge in [-0.1, -0.05) is 12.0 Å². The number of rotatable bonds is 4. The summed E-state index contributed by atoms with van der Waals surface area (Å²) in [7, 11) is 1.91. The Morgan fingerprint density at radius 2 is 2.21 bits per heavy atom. The molecule has 0 bridgehead atoms. The maximum absolute atomic E-state index is 9.00. The monoisotopic (exact) mass is 340 g/mol. The smallest absolute Gasteiger partial charge is 0.121 e. The number of hydrogen-bond donors (Lipinski definition) is 2. The van der Waals surface area contributed by atoms with Gasteiger partial charge >= 0.3 is 0 Å². The molecular weight excluding hydrogens is 316 g/mol. The summed E-state index contributed by atoms with van der Waals surface area (Å²) < 4.78 is 4.36. The van der Waals surface area contributed by atoms with Gasteiger partial charge in [0.15, 0.2) is 0 Å². The summed E-state index contributed by atoms with van der Waals surface area (Å²) in [5, 5.41) is 12.2. The Morgan fingerprint density at radius 1 is 1.33 bits per heavy atom. The molecule has 126 valence electrons. The Kier molecular flexibility index (Phi) is 5.55. The summed E-state index contributed by atoms with van der Waals surface area (Å²) in [6.07, 6.45) is 5.55. The van der Waals surface area contributed by atoms with Gasteiger partial charge in [0.2, 0.25) is 0 Å². The van der Waals surface area contributed by atoms with Gasteiger partial charge in [0.05, 0.1) is 11.4 Å². The number of hydrogen-bond acceptors (Lipinski definition) is 4. The van der Waals surface area contributed by atoms with Gasteiger partial charge in [-0.15, -0.1) is 0 Å². The standard InChI is InChI=1S/C20H24N2OS/c1-14-20(21-2)19(24-22-14)10-7-16-6-9-17-12-15(4-3-11-23)5-8-18(17)13-16/h6,9,13,15,21,23H,3-5,8,11-12H2,1-2H3. The van der Waals surface area contributed by atoms with Crippen LogP contribution in [0.1, 0.15) is 46.5 Å². The Balaban J connectivity index is 1.75. The quantitative estimate of drug-likeness (QED) is 0.833. The first-order valence-corrected chi connectivity index (χ1v) is 9.37. The van der Waals surface area contributed by atoms with Crippen LogP contribution in [0.25, 0.3) is 0 Å². The molecule has 0 spiro atoms. The lowest BCUT2D eigenvalue weighted by Gasteiger charge is -2.24. The van der Waals surface area contributed by atoms with Crippen LogP contribution in [0.3, 0.4) is 0 Å². The normalized spacial score (nSPS) is 16.2. The van der Waals surface area contributed by atoms with E-state index in [4.69, 9.17) is 5.11 Å². The molecule has 1 aromatic heterocycles. The SMILES string of the molecule is CNc1c(C)nsc1C#Cc1ccc2c(c1)CCC(CCCO)C2. The predicted molar refractivity (Wildman–Crippen MR) is 101 cm³/mol. The van der Waals surface area contributed by atoms with Crippen LogP contribution in [-0.4, -0.2) is 23.1 Å². The average molecular weight is 340 g/mol. The topological polar surface area (TPSA) is 45.2 Å². The molecule has 0 saturated heterocycles. The van der Waals surface area contributed by atoms with Crippen molar-refractivity contribution in [2.24, 2.45) is 5.92 Å². The molecule has 0 saturated carbocycles. The molecule has 1 aromatic carbocycles. The summed E-state index contributed by atoms with van der Waals surface area (Å²) in [6.45, 7) is 2.31. The highest BCUT2D eigenvalue weighted by Crippen LogP contribution is 2.29. The van der Waals surface area contributed by atoms with E-state index in [1.165, 1.54) is 29.1 Å². The number of nitrogens with zero attached hydrogens (tertiary/aromatic N) is 1. The van der Waals surface area contributed by atoms with Crippen LogP contribution in [-0.2, 0) is 12.8 Å². The number of aromatic nitrogens is 1. The molecule has 2 N–H and O–H groups in total. The van der Waals surface area contributed by atoms with Gasteiger partial charge < -0.3 is 10.4 Å². The zero-order chi connectivity index (χ0) is 16.9. The highest BCUT2D eigenvalue weighted by Gasteiger charge is 2.18. The maximum atomic E-state index is 9.00. The van der Waals surface area contributed by atoms with Crippen LogP contribution in [0.4, 0.5) is 5.69 Å². The van der Waals surface area contributed by atoms with Gasteiger partial charge in [-0.2, -0.15) is 4.37 Å². The number of anilines is 1. The highest BCUT2D eigenvalue weighted by molar-refractivity contribution is 7.07. The fourth-order valence-electron chi connectivity index (χ4n) is 3.41. The first-order chi connectivity index (χ1) is 11.7. The number of aliphatic hydroxyl groups excluding tert-OH is 1. The number of benzene rings is 1. The molecule has 24 heavy (non-hydrogen) atoms. The minimum atomic E-state index is 0.309. The number of aryl methyl sites for hydroxylation is 2. The van der Waals surface area contributed by atoms with Gasteiger partial charge in [0, 0.05) is 19.2 Å². The second-order valence-electron chi connectivity index (χ2n) is 6.43. The van der Waals surface area contributed by atoms with Gasteiger partial charge in [-0.3, -0.25) is 0 Å². The average Bonchev–Trinajstić information content (AvgIpc) is 2.97. The second kappa shape index (κ2) is 7.83. The van der Waals surface area contributed by atoms with Crippen LogP contribution >= 0.6 is 11.5 Å². The van der Waals surface area contributed by atoms with E-state index in [0.29, 0.717) is 6.61 Å². The molecule has 0 amide bonds. The Labute approximate surface area is 148 Å². The van der Waals surface area contributed by atoms with E-state index < -0.39 is 0 Å². The number of fused-ring (bicyclic) bond motifs is 1. The molecule has 3 nitrogen and oxygen atoms in total. The van der Waals surface area contributed by atoms with E-state index in [9.17, 15) is 0 Å². The van der Waals surface area contributed by atoms with Crippen LogP contribution in [0.15, 0.2) is 18.2 Å². The minimum Gasteiger partial charge on any atom is -0.396 e. The fraction of sp³-hybridized carbons (Fsp3) is 0.450. The molecule has 2 aromatic rings. The molecule has 1 aliphatic rings. The molecule has 1 aliphatic carbocycles. The summed E-state index contributed by atoms with van der Waals surface area (Å²) in [5.74, 6) is 7.27. The fourth-order valence-corrected chi connectivity index (χ4v) is 4.17. The van der Waals surface area contributed by atoms with E-state index in [2.05, 4.69) is 39.7 Å². The van der Waals surface area contributed by atoms with Crippen molar-refractivity contribution in [2.45, 2.75) is 39.0 Å². The van der Waals surface area contributed by atoms with Gasteiger partial charge in [0.25, 0.3) is 0 Å².